The summed E-state index contributed by atoms with van der Waals surface area (Å²) in [5, 5.41) is 11.8. The lowest BCUT2D eigenvalue weighted by atomic mass is 9.87. The molecule has 3 atom stereocenters. The van der Waals surface area contributed by atoms with E-state index >= 15 is 0 Å². The van der Waals surface area contributed by atoms with Gasteiger partial charge in [0.25, 0.3) is 0 Å². The number of piperazine rings is 1. The molecule has 134 valence electrons. The van der Waals surface area contributed by atoms with E-state index in [1.165, 1.54) is 6.92 Å². The van der Waals surface area contributed by atoms with Crippen LogP contribution in [0.3, 0.4) is 0 Å². The first-order valence-electron chi connectivity index (χ1n) is 8.75. The summed E-state index contributed by atoms with van der Waals surface area (Å²) in [5.41, 5.74) is 1.30. The van der Waals surface area contributed by atoms with Crippen LogP contribution in [0.1, 0.15) is 39.0 Å². The van der Waals surface area contributed by atoms with Gasteiger partial charge in [0.2, 0.25) is 17.7 Å². The second kappa shape index (κ2) is 7.65. The van der Waals surface area contributed by atoms with Gasteiger partial charge >= 0.3 is 0 Å². The van der Waals surface area contributed by atoms with E-state index in [4.69, 9.17) is 0 Å². The van der Waals surface area contributed by atoms with Gasteiger partial charge in [0, 0.05) is 30.4 Å². The first-order chi connectivity index (χ1) is 12.0. The first-order valence-corrected chi connectivity index (χ1v) is 8.75. The Kier molecular flexibility index (Phi) is 5.33. The largest absolute Gasteiger partial charge is 0.350 e. The van der Waals surface area contributed by atoms with Gasteiger partial charge in [-0.15, -0.1) is 0 Å². The van der Waals surface area contributed by atoms with Gasteiger partial charge in [0.15, 0.2) is 0 Å². The van der Waals surface area contributed by atoms with E-state index in [1.54, 1.807) is 24.3 Å². The van der Waals surface area contributed by atoms with Gasteiger partial charge in [-0.3, -0.25) is 14.4 Å². The minimum Gasteiger partial charge on any atom is -0.350 e. The Bertz CT molecular complexity index is 659. The first kappa shape index (κ1) is 17.4. The van der Waals surface area contributed by atoms with E-state index in [1.807, 2.05) is 0 Å². The highest BCUT2D eigenvalue weighted by Crippen LogP contribution is 2.22. The smallest absolute Gasteiger partial charge is 0.237 e. The lowest BCUT2D eigenvalue weighted by Crippen LogP contribution is -2.65. The van der Waals surface area contributed by atoms with E-state index in [9.17, 15) is 14.4 Å². The van der Waals surface area contributed by atoms with E-state index in [0.717, 1.165) is 25.7 Å². The third kappa shape index (κ3) is 4.57. The minimum atomic E-state index is -0.488. The molecule has 1 saturated heterocycles. The number of rotatable bonds is 4. The summed E-state index contributed by atoms with van der Waals surface area (Å²) < 4.78 is 0. The van der Waals surface area contributed by atoms with Crippen molar-refractivity contribution in [2.24, 2.45) is 0 Å². The Labute approximate surface area is 146 Å². The maximum atomic E-state index is 12.2. The summed E-state index contributed by atoms with van der Waals surface area (Å²) in [5.74, 6) is -0.458. The van der Waals surface area contributed by atoms with E-state index in [0.29, 0.717) is 11.4 Å². The summed E-state index contributed by atoms with van der Waals surface area (Å²) in [7, 11) is 0. The maximum absolute atomic E-state index is 12.2. The van der Waals surface area contributed by atoms with Crippen LogP contribution in [0.2, 0.25) is 0 Å². The van der Waals surface area contributed by atoms with Gasteiger partial charge in [-0.05, 0) is 37.1 Å². The highest BCUT2D eigenvalue weighted by Gasteiger charge is 2.36. The zero-order valence-electron chi connectivity index (χ0n) is 14.3. The number of hydrogen-bond donors (Lipinski definition) is 4. The predicted molar refractivity (Wildman–Crippen MR) is 95.1 cm³/mol. The van der Waals surface area contributed by atoms with Gasteiger partial charge < -0.3 is 21.3 Å². The fourth-order valence-corrected chi connectivity index (χ4v) is 3.51. The van der Waals surface area contributed by atoms with Crippen molar-refractivity contribution in [1.82, 2.24) is 10.6 Å². The fourth-order valence-electron chi connectivity index (χ4n) is 3.51. The molecule has 1 aromatic rings. The minimum absolute atomic E-state index is 0.0979. The highest BCUT2D eigenvalue weighted by molar-refractivity contribution is 5.96. The fraction of sp³-hybridized carbons (Fsp3) is 0.500. The molecule has 0 spiro atoms. The van der Waals surface area contributed by atoms with Crippen molar-refractivity contribution in [2.45, 2.75) is 57.2 Å². The van der Waals surface area contributed by atoms with Crippen LogP contribution in [-0.4, -0.2) is 35.8 Å². The van der Waals surface area contributed by atoms with Crippen molar-refractivity contribution in [3.05, 3.63) is 24.3 Å². The third-order valence-electron chi connectivity index (χ3n) is 4.70. The Balaban J connectivity index is 1.53. The molecular formula is C18H24N4O3. The Hall–Kier alpha value is -2.41. The quantitative estimate of drug-likeness (QED) is 0.663. The van der Waals surface area contributed by atoms with Crippen LogP contribution in [-0.2, 0) is 14.4 Å². The summed E-state index contributed by atoms with van der Waals surface area (Å²) in [6.45, 7) is 1.44. The highest BCUT2D eigenvalue weighted by atomic mass is 16.2. The lowest BCUT2D eigenvalue weighted by molar-refractivity contribution is -0.129. The van der Waals surface area contributed by atoms with Gasteiger partial charge in [0.05, 0.1) is 12.5 Å². The second-order valence-corrected chi connectivity index (χ2v) is 6.74. The van der Waals surface area contributed by atoms with Crippen molar-refractivity contribution in [3.63, 3.8) is 0 Å². The normalized spacial score (nSPS) is 25.5. The van der Waals surface area contributed by atoms with Gasteiger partial charge in [-0.1, -0.05) is 12.8 Å². The number of anilines is 2. The molecule has 2 aliphatic rings. The van der Waals surface area contributed by atoms with Gasteiger partial charge in [-0.25, -0.2) is 0 Å². The standard InChI is InChI=1S/C18H24N4O3/c1-11(23)19-12-6-8-13(9-7-12)20-17(24)10-16-18(25)22-15-5-3-2-4-14(15)21-16/h6-9,14-16,21H,2-5,10H2,1H3,(H,19,23)(H,20,24)(H,22,25)/t14-,15+,16+/m1/s1. The molecule has 3 amide bonds. The number of carbonyl (C=O) groups excluding carboxylic acids is 3. The predicted octanol–water partition coefficient (Wildman–Crippen LogP) is 1.37. The average Bonchev–Trinajstić information content (AvgIpc) is 2.57. The Morgan fingerprint density at radius 3 is 2.28 bits per heavy atom. The van der Waals surface area contributed by atoms with Crippen LogP contribution in [0.25, 0.3) is 0 Å². The molecule has 4 N–H and O–H groups in total. The average molecular weight is 344 g/mol. The van der Waals surface area contributed by atoms with Gasteiger partial charge in [0.1, 0.15) is 0 Å². The number of carbonyl (C=O) groups is 3. The number of hydrogen-bond acceptors (Lipinski definition) is 4. The van der Waals surface area contributed by atoms with Crippen LogP contribution in [0.5, 0.6) is 0 Å². The topological polar surface area (TPSA) is 99.3 Å². The molecule has 1 aliphatic carbocycles. The van der Waals surface area contributed by atoms with E-state index < -0.39 is 6.04 Å². The van der Waals surface area contributed by atoms with Gasteiger partial charge in [-0.2, -0.15) is 0 Å². The Morgan fingerprint density at radius 2 is 1.64 bits per heavy atom. The number of benzene rings is 1. The SMILES string of the molecule is CC(=O)Nc1ccc(NC(=O)C[C@@H]2N[C@@H]3CCCC[C@@H]3NC2=O)cc1. The maximum Gasteiger partial charge on any atom is 0.237 e. The molecule has 1 aliphatic heterocycles. The molecule has 0 bridgehead atoms. The monoisotopic (exact) mass is 344 g/mol. The van der Waals surface area contributed by atoms with Crippen LogP contribution in [0.15, 0.2) is 24.3 Å². The lowest BCUT2D eigenvalue weighted by Gasteiger charge is -2.40. The number of fused-ring (bicyclic) bond motifs is 1. The summed E-state index contributed by atoms with van der Waals surface area (Å²) in [4.78, 5) is 35.4. The number of nitrogens with one attached hydrogen (secondary N) is 4. The van der Waals surface area contributed by atoms with Crippen LogP contribution in [0, 0.1) is 0 Å². The van der Waals surface area contributed by atoms with E-state index in [2.05, 4.69) is 21.3 Å². The molecule has 1 saturated carbocycles. The summed E-state index contributed by atoms with van der Waals surface area (Å²) >= 11 is 0. The van der Waals surface area contributed by atoms with Crippen LogP contribution >= 0.6 is 0 Å². The molecule has 3 rings (SSSR count). The summed E-state index contributed by atoms with van der Waals surface area (Å²) in [6, 6.07) is 6.84. The van der Waals surface area contributed by atoms with E-state index in [-0.39, 0.29) is 36.2 Å². The molecule has 0 aromatic heterocycles. The molecule has 1 heterocycles. The Morgan fingerprint density at radius 1 is 1.04 bits per heavy atom. The molecule has 7 nitrogen and oxygen atoms in total. The van der Waals surface area contributed by atoms with Crippen molar-refractivity contribution < 1.29 is 14.4 Å². The molecular weight excluding hydrogens is 320 g/mol. The molecule has 1 aromatic carbocycles. The zero-order valence-corrected chi connectivity index (χ0v) is 14.3. The molecule has 0 radical (unpaired) electrons. The van der Waals surface area contributed by atoms with Crippen molar-refractivity contribution in [1.29, 1.82) is 0 Å². The van der Waals surface area contributed by atoms with Crippen molar-refractivity contribution in [3.8, 4) is 0 Å². The molecule has 7 heteroatoms. The summed E-state index contributed by atoms with van der Waals surface area (Å²) in [6.07, 6.45) is 4.44. The van der Waals surface area contributed by atoms with Crippen molar-refractivity contribution in [2.75, 3.05) is 10.6 Å². The zero-order chi connectivity index (χ0) is 17.8. The second-order valence-electron chi connectivity index (χ2n) is 6.74. The molecule has 2 fully saturated rings. The van der Waals surface area contributed by atoms with Crippen LogP contribution < -0.4 is 21.3 Å². The third-order valence-corrected chi connectivity index (χ3v) is 4.70. The molecule has 25 heavy (non-hydrogen) atoms. The van der Waals surface area contributed by atoms with Crippen molar-refractivity contribution >= 4 is 29.1 Å². The number of amides is 3. The van der Waals surface area contributed by atoms with Crippen LogP contribution in [0.4, 0.5) is 11.4 Å². The molecule has 0 unspecified atom stereocenters.